The summed E-state index contributed by atoms with van der Waals surface area (Å²) < 4.78 is 11.4. The minimum atomic E-state index is -0.409. The van der Waals surface area contributed by atoms with Crippen LogP contribution in [0.2, 0.25) is 0 Å². The summed E-state index contributed by atoms with van der Waals surface area (Å²) in [5, 5.41) is 7.58. The molecule has 2 aromatic rings. The number of cyclic esters (lactones) is 1. The number of nitrogens with zero attached hydrogens (tertiary/aromatic N) is 1. The van der Waals surface area contributed by atoms with Crippen LogP contribution in [0.15, 0.2) is 48.5 Å². The van der Waals surface area contributed by atoms with Crippen molar-refractivity contribution in [3.8, 4) is 5.75 Å². The largest absolute Gasteiger partial charge is 0.490 e. The van der Waals surface area contributed by atoms with Crippen LogP contribution in [0.3, 0.4) is 0 Å². The number of nitrogens with one attached hydrogen (secondary N) is 1. The first-order valence-corrected chi connectivity index (χ1v) is 11.7. The molecule has 1 heterocycles. The molecule has 1 saturated heterocycles. The van der Waals surface area contributed by atoms with Gasteiger partial charge >= 0.3 is 6.09 Å². The Morgan fingerprint density at radius 1 is 1.16 bits per heavy atom. The Bertz CT molecular complexity index is 936. The van der Waals surface area contributed by atoms with Gasteiger partial charge in [-0.15, -0.1) is 0 Å². The maximum absolute atomic E-state index is 12.3. The van der Waals surface area contributed by atoms with Crippen LogP contribution in [0.5, 0.6) is 5.75 Å². The average molecular weight is 436 g/mol. The topological polar surface area (TPSA) is 88.6 Å². The fourth-order valence-electron chi connectivity index (χ4n) is 4.88. The molecule has 0 spiro atoms. The van der Waals surface area contributed by atoms with Crippen LogP contribution >= 0.6 is 0 Å². The van der Waals surface area contributed by atoms with E-state index >= 15 is 0 Å². The number of ether oxygens (including phenoxy) is 2. The van der Waals surface area contributed by atoms with Crippen molar-refractivity contribution in [2.24, 2.45) is 11.7 Å². The highest BCUT2D eigenvalue weighted by Gasteiger charge is 2.33. The van der Waals surface area contributed by atoms with Crippen LogP contribution < -0.4 is 15.4 Å². The Balaban J connectivity index is 1.28. The highest BCUT2D eigenvalue weighted by Crippen LogP contribution is 2.37. The number of nitrogens with two attached hydrogens (primary N) is 1. The number of carbonyl (C=O) groups excluding carboxylic acids is 1. The molecule has 2 aliphatic rings. The van der Waals surface area contributed by atoms with Gasteiger partial charge in [-0.05, 0) is 67.3 Å². The molecule has 4 rings (SSSR count). The summed E-state index contributed by atoms with van der Waals surface area (Å²) in [5.41, 5.74) is 8.21. The lowest BCUT2D eigenvalue weighted by Gasteiger charge is -2.28. The summed E-state index contributed by atoms with van der Waals surface area (Å²) in [6.07, 6.45) is 7.15. The van der Waals surface area contributed by atoms with Gasteiger partial charge in [-0.25, -0.2) is 4.79 Å². The van der Waals surface area contributed by atoms with Crippen LogP contribution in [0.1, 0.15) is 62.5 Å². The second-order valence-electron chi connectivity index (χ2n) is 8.97. The number of nitrogen functional groups attached to an aromatic ring is 1. The molecule has 0 aromatic heterocycles. The van der Waals surface area contributed by atoms with E-state index in [-0.39, 0.29) is 11.9 Å². The van der Waals surface area contributed by atoms with E-state index < -0.39 is 6.09 Å². The molecule has 1 aliphatic carbocycles. The van der Waals surface area contributed by atoms with E-state index in [0.717, 1.165) is 11.7 Å². The Labute approximate surface area is 190 Å². The molecule has 170 valence electrons. The smallest absolute Gasteiger partial charge is 0.414 e. The van der Waals surface area contributed by atoms with Gasteiger partial charge in [-0.3, -0.25) is 10.3 Å². The zero-order valence-electron chi connectivity index (χ0n) is 18.8. The summed E-state index contributed by atoms with van der Waals surface area (Å²) in [6, 6.07) is 15.5. The number of hydrogen-bond acceptors (Lipinski definition) is 4. The molecule has 1 aliphatic heterocycles. The van der Waals surface area contributed by atoms with Crippen molar-refractivity contribution >= 4 is 17.6 Å². The number of amides is 1. The molecular formula is C26H33N3O3. The maximum atomic E-state index is 12.3. The summed E-state index contributed by atoms with van der Waals surface area (Å²) in [6.45, 7) is 2.98. The predicted molar refractivity (Wildman–Crippen MR) is 127 cm³/mol. The molecule has 1 saturated carbocycles. The molecule has 32 heavy (non-hydrogen) atoms. The summed E-state index contributed by atoms with van der Waals surface area (Å²) in [4.78, 5) is 13.9. The molecule has 0 bridgehead atoms. The van der Waals surface area contributed by atoms with Crippen molar-refractivity contribution in [2.45, 2.75) is 57.5 Å². The van der Waals surface area contributed by atoms with Crippen molar-refractivity contribution in [2.75, 3.05) is 18.1 Å². The Hall–Kier alpha value is -3.02. The van der Waals surface area contributed by atoms with Gasteiger partial charge in [0.2, 0.25) is 0 Å². The predicted octanol–water partition coefficient (Wildman–Crippen LogP) is 5.45. The zero-order valence-corrected chi connectivity index (χ0v) is 18.8. The zero-order chi connectivity index (χ0) is 22.5. The van der Waals surface area contributed by atoms with E-state index in [2.05, 4.69) is 19.1 Å². The van der Waals surface area contributed by atoms with E-state index in [1.807, 2.05) is 18.2 Å². The van der Waals surface area contributed by atoms with Gasteiger partial charge in [0.25, 0.3) is 0 Å². The molecule has 6 nitrogen and oxygen atoms in total. The molecule has 2 aromatic carbocycles. The van der Waals surface area contributed by atoms with Crippen LogP contribution in [0.25, 0.3) is 0 Å². The molecule has 1 amide bonds. The van der Waals surface area contributed by atoms with Gasteiger partial charge in [0, 0.05) is 11.3 Å². The number of carbonyl (C=O) groups is 1. The quantitative estimate of drug-likeness (QED) is 0.426. The molecule has 1 atom stereocenters. The van der Waals surface area contributed by atoms with Crippen molar-refractivity contribution in [1.82, 2.24) is 0 Å². The van der Waals surface area contributed by atoms with Crippen LogP contribution in [0.4, 0.5) is 10.5 Å². The molecule has 2 fully saturated rings. The standard InChI is InChI=1S/C26H33N3O3/c1-2-4-18-7-9-19(10-8-18)20-11-13-23(14-12-20)31-17-24-16-29(26(30)32-24)22-6-3-5-21(15-22)25(27)28/h3,5-6,11-15,18-19,24H,2,4,7-10,16-17H2,1H3,(H3,27,28). The van der Waals surface area contributed by atoms with Gasteiger partial charge in [-0.1, -0.05) is 44.0 Å². The van der Waals surface area contributed by atoms with E-state index in [1.54, 1.807) is 23.1 Å². The Morgan fingerprint density at radius 3 is 2.59 bits per heavy atom. The molecular weight excluding hydrogens is 402 g/mol. The molecule has 0 radical (unpaired) electrons. The number of amidine groups is 1. The lowest BCUT2D eigenvalue weighted by Crippen LogP contribution is -2.27. The first-order chi connectivity index (χ1) is 15.5. The van der Waals surface area contributed by atoms with Crippen molar-refractivity contribution in [3.63, 3.8) is 0 Å². The third kappa shape index (κ3) is 5.23. The highest BCUT2D eigenvalue weighted by molar-refractivity contribution is 5.97. The molecule has 6 heteroatoms. The highest BCUT2D eigenvalue weighted by atomic mass is 16.6. The molecule has 1 unspecified atom stereocenters. The third-order valence-corrected chi connectivity index (χ3v) is 6.67. The first kappa shape index (κ1) is 22.2. The maximum Gasteiger partial charge on any atom is 0.414 e. The van der Waals surface area contributed by atoms with Gasteiger partial charge in [-0.2, -0.15) is 0 Å². The SMILES string of the molecule is CCCC1CCC(c2ccc(OCC3CN(c4cccc(C(=N)N)c4)C(=O)O3)cc2)CC1. The number of benzene rings is 2. The van der Waals surface area contributed by atoms with Crippen molar-refractivity contribution in [3.05, 3.63) is 59.7 Å². The lowest BCUT2D eigenvalue weighted by molar-refractivity contribution is 0.105. The minimum Gasteiger partial charge on any atom is -0.490 e. The average Bonchev–Trinajstić information content (AvgIpc) is 3.19. The fraction of sp³-hybridized carbons (Fsp3) is 0.462. The fourth-order valence-corrected chi connectivity index (χ4v) is 4.88. The third-order valence-electron chi connectivity index (χ3n) is 6.67. The molecule has 3 N–H and O–H groups in total. The monoisotopic (exact) mass is 435 g/mol. The van der Waals surface area contributed by atoms with Gasteiger partial charge < -0.3 is 15.2 Å². The summed E-state index contributed by atoms with van der Waals surface area (Å²) >= 11 is 0. The normalized spacial score (nSPS) is 23.1. The Kier molecular flexibility index (Phi) is 6.98. The van der Waals surface area contributed by atoms with E-state index in [4.69, 9.17) is 20.6 Å². The first-order valence-electron chi connectivity index (χ1n) is 11.7. The van der Waals surface area contributed by atoms with Crippen molar-refractivity contribution in [1.29, 1.82) is 5.41 Å². The van der Waals surface area contributed by atoms with Crippen LogP contribution in [0, 0.1) is 11.3 Å². The van der Waals surface area contributed by atoms with Crippen LogP contribution in [-0.4, -0.2) is 31.2 Å². The van der Waals surface area contributed by atoms with E-state index in [9.17, 15) is 4.79 Å². The second kappa shape index (κ2) is 10.1. The van der Waals surface area contributed by atoms with Gasteiger partial charge in [0.05, 0.1) is 6.54 Å². The van der Waals surface area contributed by atoms with Gasteiger partial charge in [0.15, 0.2) is 6.10 Å². The van der Waals surface area contributed by atoms with E-state index in [0.29, 0.717) is 30.3 Å². The summed E-state index contributed by atoms with van der Waals surface area (Å²) in [7, 11) is 0. The summed E-state index contributed by atoms with van der Waals surface area (Å²) in [5.74, 6) is 2.34. The lowest BCUT2D eigenvalue weighted by atomic mass is 9.77. The minimum absolute atomic E-state index is 0.0308. The second-order valence-corrected chi connectivity index (χ2v) is 8.97. The van der Waals surface area contributed by atoms with Crippen LogP contribution in [-0.2, 0) is 4.74 Å². The van der Waals surface area contributed by atoms with E-state index in [1.165, 1.54) is 44.1 Å². The number of anilines is 1. The number of hydrogen-bond donors (Lipinski definition) is 2. The van der Waals surface area contributed by atoms with Crippen molar-refractivity contribution < 1.29 is 14.3 Å². The number of rotatable bonds is 8. The Morgan fingerprint density at radius 2 is 1.91 bits per heavy atom. The van der Waals surface area contributed by atoms with Gasteiger partial charge in [0.1, 0.15) is 18.2 Å².